The summed E-state index contributed by atoms with van der Waals surface area (Å²) in [7, 11) is 1.60. The molecular formula is C27H22ClFN4O3S. The lowest BCUT2D eigenvalue weighted by atomic mass is 9.98. The van der Waals surface area contributed by atoms with E-state index in [1.165, 1.54) is 30.0 Å². The van der Waals surface area contributed by atoms with E-state index in [1.54, 1.807) is 30.3 Å². The van der Waals surface area contributed by atoms with Gasteiger partial charge in [-0.1, -0.05) is 59.8 Å². The predicted octanol–water partition coefficient (Wildman–Crippen LogP) is 5.67. The van der Waals surface area contributed by atoms with Gasteiger partial charge in [0.05, 0.1) is 24.6 Å². The number of amides is 2. The quantitative estimate of drug-likeness (QED) is 0.439. The van der Waals surface area contributed by atoms with Gasteiger partial charge in [0.15, 0.2) is 5.17 Å². The van der Waals surface area contributed by atoms with Crippen LogP contribution in [0.15, 0.2) is 82.9 Å². The number of nitrogens with one attached hydrogen (secondary N) is 1. The topological polar surface area (TPSA) is 83.4 Å². The maximum Gasteiger partial charge on any atom is 0.262 e. The fraction of sp³-hybridized carbons (Fsp3) is 0.185. The van der Waals surface area contributed by atoms with Crippen molar-refractivity contribution in [2.45, 2.75) is 24.1 Å². The molecule has 0 spiro atoms. The third-order valence-corrected chi connectivity index (χ3v) is 7.40. The zero-order valence-electron chi connectivity index (χ0n) is 19.7. The SMILES string of the molecule is COc1cccc([C@H]2CC(c3ccc(Cl)cc3)=NN2C2=NC(=O)[C@H](CC(=O)Nc3ccccc3F)S2)c1. The number of carbonyl (C=O) groups excluding carboxylic acids is 2. The third-order valence-electron chi connectivity index (χ3n) is 6.01. The van der Waals surface area contributed by atoms with Gasteiger partial charge >= 0.3 is 0 Å². The second-order valence-corrected chi connectivity index (χ2v) is 10.1. The average molecular weight is 537 g/mol. The van der Waals surface area contributed by atoms with Crippen molar-refractivity contribution in [3.05, 3.63) is 94.8 Å². The van der Waals surface area contributed by atoms with Crippen molar-refractivity contribution in [2.75, 3.05) is 12.4 Å². The molecule has 0 bridgehead atoms. The molecule has 0 saturated carbocycles. The fourth-order valence-electron chi connectivity index (χ4n) is 4.15. The molecule has 0 fully saturated rings. The van der Waals surface area contributed by atoms with Gasteiger partial charge in [0.25, 0.3) is 5.91 Å². The number of hydrazone groups is 1. The average Bonchev–Trinajstić information content (AvgIpc) is 3.50. The molecule has 0 aromatic heterocycles. The molecule has 37 heavy (non-hydrogen) atoms. The summed E-state index contributed by atoms with van der Waals surface area (Å²) in [5, 5.41) is 9.38. The summed E-state index contributed by atoms with van der Waals surface area (Å²) in [6.45, 7) is 0. The molecule has 0 saturated heterocycles. The lowest BCUT2D eigenvalue weighted by molar-refractivity contribution is -0.121. The Kier molecular flexibility index (Phi) is 7.25. The van der Waals surface area contributed by atoms with Crippen LogP contribution in [0, 0.1) is 5.82 Å². The van der Waals surface area contributed by atoms with Crippen molar-refractivity contribution in [1.82, 2.24) is 5.01 Å². The number of thioether (sulfide) groups is 1. The number of anilines is 1. The van der Waals surface area contributed by atoms with E-state index >= 15 is 0 Å². The number of carbonyl (C=O) groups is 2. The maximum absolute atomic E-state index is 13.9. The van der Waals surface area contributed by atoms with Gasteiger partial charge in [0.2, 0.25) is 5.91 Å². The van der Waals surface area contributed by atoms with Crippen LogP contribution in [-0.4, -0.2) is 40.1 Å². The Morgan fingerprint density at radius 3 is 2.70 bits per heavy atom. The monoisotopic (exact) mass is 536 g/mol. The number of hydrogen-bond acceptors (Lipinski definition) is 6. The van der Waals surface area contributed by atoms with Gasteiger partial charge in [-0.25, -0.2) is 9.40 Å². The van der Waals surface area contributed by atoms with Crippen LogP contribution in [-0.2, 0) is 9.59 Å². The molecule has 0 aliphatic carbocycles. The Morgan fingerprint density at radius 1 is 1.16 bits per heavy atom. The molecule has 0 radical (unpaired) electrons. The second-order valence-electron chi connectivity index (χ2n) is 8.47. The highest BCUT2D eigenvalue weighted by Gasteiger charge is 2.39. The van der Waals surface area contributed by atoms with Crippen molar-refractivity contribution >= 4 is 51.7 Å². The first-order chi connectivity index (χ1) is 17.9. The van der Waals surface area contributed by atoms with E-state index in [-0.39, 0.29) is 18.2 Å². The number of ether oxygens (including phenoxy) is 1. The smallest absolute Gasteiger partial charge is 0.262 e. The molecule has 10 heteroatoms. The molecule has 7 nitrogen and oxygen atoms in total. The normalized spacial score (nSPS) is 19.0. The summed E-state index contributed by atoms with van der Waals surface area (Å²) in [6, 6.07) is 20.7. The number of hydrogen-bond donors (Lipinski definition) is 1. The molecule has 188 valence electrons. The van der Waals surface area contributed by atoms with E-state index in [9.17, 15) is 14.0 Å². The Labute approximate surface area is 222 Å². The highest BCUT2D eigenvalue weighted by Crippen LogP contribution is 2.39. The molecule has 3 aromatic rings. The first kappa shape index (κ1) is 25.0. The molecule has 2 aliphatic rings. The van der Waals surface area contributed by atoms with Crippen LogP contribution in [0.25, 0.3) is 0 Å². The summed E-state index contributed by atoms with van der Waals surface area (Å²) in [5.74, 6) is -0.732. The lowest BCUT2D eigenvalue weighted by Crippen LogP contribution is -2.25. The van der Waals surface area contributed by atoms with Crippen molar-refractivity contribution in [3.8, 4) is 5.75 Å². The highest BCUT2D eigenvalue weighted by atomic mass is 35.5. The Balaban J connectivity index is 1.37. The minimum atomic E-state index is -0.734. The Bertz CT molecular complexity index is 1410. The van der Waals surface area contributed by atoms with Crippen LogP contribution >= 0.6 is 23.4 Å². The molecule has 3 aromatic carbocycles. The summed E-state index contributed by atoms with van der Waals surface area (Å²) < 4.78 is 19.3. The van der Waals surface area contributed by atoms with Crippen LogP contribution in [0.2, 0.25) is 5.02 Å². The number of rotatable bonds is 6. The van der Waals surface area contributed by atoms with Gasteiger partial charge < -0.3 is 10.1 Å². The lowest BCUT2D eigenvalue weighted by Gasteiger charge is -2.23. The van der Waals surface area contributed by atoms with Crippen LogP contribution < -0.4 is 10.1 Å². The van der Waals surface area contributed by atoms with Crippen LogP contribution in [0.3, 0.4) is 0 Å². The van der Waals surface area contributed by atoms with E-state index in [2.05, 4.69) is 10.3 Å². The van der Waals surface area contributed by atoms with Crippen LogP contribution in [0.1, 0.15) is 30.0 Å². The third kappa shape index (κ3) is 5.52. The molecule has 2 amide bonds. The Morgan fingerprint density at radius 2 is 1.95 bits per heavy atom. The molecule has 0 unspecified atom stereocenters. The maximum atomic E-state index is 13.9. The van der Waals surface area contributed by atoms with Crippen molar-refractivity contribution in [1.29, 1.82) is 0 Å². The zero-order chi connectivity index (χ0) is 25.9. The van der Waals surface area contributed by atoms with Crippen molar-refractivity contribution < 1.29 is 18.7 Å². The molecular weight excluding hydrogens is 515 g/mol. The number of halogens is 2. The number of amidine groups is 1. The van der Waals surface area contributed by atoms with E-state index in [4.69, 9.17) is 21.4 Å². The number of methoxy groups -OCH3 is 1. The summed E-state index contributed by atoms with van der Waals surface area (Å²) in [6.07, 6.45) is 0.428. The van der Waals surface area contributed by atoms with Crippen molar-refractivity contribution in [3.63, 3.8) is 0 Å². The Hall–Kier alpha value is -3.69. The standard InChI is InChI=1S/C27H22ClFN4O3S/c1-36-19-6-4-5-17(13-19)23-14-22(16-9-11-18(28)12-10-16)32-33(23)27-31-26(35)24(37-27)15-25(34)30-21-8-3-2-7-20(21)29/h2-13,23-24H,14-15H2,1H3,(H,30,34)/t23-,24+/m1/s1. The van der Waals surface area contributed by atoms with Gasteiger partial charge in [0, 0.05) is 17.9 Å². The van der Waals surface area contributed by atoms with Gasteiger partial charge in [-0.15, -0.1) is 0 Å². The number of aliphatic imine (C=N–C) groups is 1. The molecule has 2 atom stereocenters. The number of benzene rings is 3. The molecule has 1 N–H and O–H groups in total. The zero-order valence-corrected chi connectivity index (χ0v) is 21.3. The summed E-state index contributed by atoms with van der Waals surface area (Å²) in [5.41, 5.74) is 2.75. The van der Waals surface area contributed by atoms with Gasteiger partial charge in [0.1, 0.15) is 16.8 Å². The first-order valence-electron chi connectivity index (χ1n) is 11.5. The minimum Gasteiger partial charge on any atom is -0.497 e. The van der Waals surface area contributed by atoms with Gasteiger partial charge in [-0.2, -0.15) is 10.1 Å². The minimum absolute atomic E-state index is 0.0684. The van der Waals surface area contributed by atoms with Crippen LogP contribution in [0.4, 0.5) is 10.1 Å². The molecule has 2 aliphatic heterocycles. The van der Waals surface area contributed by atoms with E-state index in [1.807, 2.05) is 36.4 Å². The largest absolute Gasteiger partial charge is 0.497 e. The van der Waals surface area contributed by atoms with E-state index < -0.39 is 22.9 Å². The second kappa shape index (κ2) is 10.7. The summed E-state index contributed by atoms with van der Waals surface area (Å²) in [4.78, 5) is 29.6. The predicted molar refractivity (Wildman–Crippen MR) is 144 cm³/mol. The highest BCUT2D eigenvalue weighted by molar-refractivity contribution is 8.15. The van der Waals surface area contributed by atoms with Gasteiger partial charge in [-0.05, 0) is 47.5 Å². The van der Waals surface area contributed by atoms with Gasteiger partial charge in [-0.3, -0.25) is 9.59 Å². The first-order valence-corrected chi connectivity index (χ1v) is 12.8. The number of para-hydroxylation sites is 1. The van der Waals surface area contributed by atoms with E-state index in [0.29, 0.717) is 22.4 Å². The molecule has 2 heterocycles. The van der Waals surface area contributed by atoms with E-state index in [0.717, 1.165) is 16.8 Å². The van der Waals surface area contributed by atoms with Crippen molar-refractivity contribution in [2.24, 2.45) is 10.1 Å². The number of nitrogens with zero attached hydrogens (tertiary/aromatic N) is 3. The summed E-state index contributed by atoms with van der Waals surface area (Å²) >= 11 is 7.24. The molecule has 5 rings (SSSR count). The fourth-order valence-corrected chi connectivity index (χ4v) is 5.34. The van der Waals surface area contributed by atoms with Crippen LogP contribution in [0.5, 0.6) is 5.75 Å².